The van der Waals surface area contributed by atoms with E-state index in [1.807, 2.05) is 0 Å². The Morgan fingerprint density at radius 2 is 1.94 bits per heavy atom. The molecule has 0 atom stereocenters. The SMILES string of the molecule is FC(F)(F)c1cccc(SCCCCCl)c1. The molecule has 0 aliphatic heterocycles. The Bertz CT molecular complexity index is 325. The van der Waals surface area contributed by atoms with E-state index in [4.69, 9.17) is 11.6 Å². The minimum atomic E-state index is -4.26. The van der Waals surface area contributed by atoms with Crippen LogP contribution in [0.4, 0.5) is 13.2 Å². The predicted molar refractivity (Wildman–Crippen MR) is 62.1 cm³/mol. The summed E-state index contributed by atoms with van der Waals surface area (Å²) in [5.41, 5.74) is -0.588. The van der Waals surface area contributed by atoms with Crippen molar-refractivity contribution in [2.45, 2.75) is 23.9 Å². The van der Waals surface area contributed by atoms with Gasteiger partial charge in [0.25, 0.3) is 0 Å². The number of unbranched alkanes of at least 4 members (excludes halogenated alkanes) is 1. The fourth-order valence-electron chi connectivity index (χ4n) is 1.15. The van der Waals surface area contributed by atoms with Crippen molar-refractivity contribution < 1.29 is 13.2 Å². The van der Waals surface area contributed by atoms with Crippen molar-refractivity contribution >= 4 is 23.4 Å². The van der Waals surface area contributed by atoms with E-state index in [2.05, 4.69) is 0 Å². The van der Waals surface area contributed by atoms with Gasteiger partial charge in [-0.15, -0.1) is 23.4 Å². The molecular formula is C11H12ClF3S. The first kappa shape index (κ1) is 13.7. The first-order chi connectivity index (χ1) is 7.54. The summed E-state index contributed by atoms with van der Waals surface area (Å²) in [4.78, 5) is 0.657. The molecule has 0 aliphatic carbocycles. The molecule has 1 aromatic rings. The third-order valence-corrected chi connectivity index (χ3v) is 3.31. The van der Waals surface area contributed by atoms with Gasteiger partial charge in [0.1, 0.15) is 0 Å². The highest BCUT2D eigenvalue weighted by Crippen LogP contribution is 2.31. The van der Waals surface area contributed by atoms with Gasteiger partial charge in [-0.2, -0.15) is 13.2 Å². The van der Waals surface area contributed by atoms with Gasteiger partial charge in [-0.05, 0) is 36.8 Å². The van der Waals surface area contributed by atoms with Gasteiger partial charge in [0, 0.05) is 10.8 Å². The molecule has 0 heterocycles. The Morgan fingerprint density at radius 1 is 1.19 bits per heavy atom. The highest BCUT2D eigenvalue weighted by atomic mass is 35.5. The van der Waals surface area contributed by atoms with Crippen molar-refractivity contribution in [3.8, 4) is 0 Å². The number of rotatable bonds is 5. The summed E-state index contributed by atoms with van der Waals surface area (Å²) >= 11 is 6.94. The van der Waals surface area contributed by atoms with Gasteiger partial charge in [0.2, 0.25) is 0 Å². The van der Waals surface area contributed by atoms with Crippen molar-refractivity contribution in [2.24, 2.45) is 0 Å². The molecule has 0 aliphatic rings. The van der Waals surface area contributed by atoms with E-state index < -0.39 is 11.7 Å². The van der Waals surface area contributed by atoms with Crippen molar-refractivity contribution in [2.75, 3.05) is 11.6 Å². The summed E-state index contributed by atoms with van der Waals surface area (Å²) in [5.74, 6) is 1.40. The molecule has 0 radical (unpaired) electrons. The maximum atomic E-state index is 12.4. The van der Waals surface area contributed by atoms with Gasteiger partial charge in [-0.1, -0.05) is 6.07 Å². The van der Waals surface area contributed by atoms with Gasteiger partial charge >= 0.3 is 6.18 Å². The molecule has 1 aromatic carbocycles. The van der Waals surface area contributed by atoms with E-state index >= 15 is 0 Å². The van der Waals surface area contributed by atoms with Gasteiger partial charge in [0.15, 0.2) is 0 Å². The molecule has 0 amide bonds. The molecule has 90 valence electrons. The number of thioether (sulfide) groups is 1. The molecule has 1 rings (SSSR count). The van der Waals surface area contributed by atoms with E-state index in [-0.39, 0.29) is 0 Å². The smallest absolute Gasteiger partial charge is 0.166 e. The van der Waals surface area contributed by atoms with Crippen LogP contribution in [-0.4, -0.2) is 11.6 Å². The molecule has 0 saturated heterocycles. The average molecular weight is 269 g/mol. The zero-order chi connectivity index (χ0) is 12.0. The molecule has 0 aromatic heterocycles. The van der Waals surface area contributed by atoms with Crippen LogP contribution >= 0.6 is 23.4 Å². The van der Waals surface area contributed by atoms with Crippen LogP contribution in [0.15, 0.2) is 29.2 Å². The average Bonchev–Trinajstić information content (AvgIpc) is 2.24. The Morgan fingerprint density at radius 3 is 2.56 bits per heavy atom. The van der Waals surface area contributed by atoms with E-state index in [1.54, 1.807) is 6.07 Å². The Kier molecular flexibility index (Phi) is 5.49. The van der Waals surface area contributed by atoms with Crippen LogP contribution in [0.25, 0.3) is 0 Å². The van der Waals surface area contributed by atoms with Crippen molar-refractivity contribution in [1.82, 2.24) is 0 Å². The monoisotopic (exact) mass is 268 g/mol. The molecule has 0 N–H and O–H groups in total. The lowest BCUT2D eigenvalue weighted by Gasteiger charge is -2.08. The number of hydrogen-bond donors (Lipinski definition) is 0. The Labute approximate surface area is 102 Å². The zero-order valence-electron chi connectivity index (χ0n) is 8.56. The van der Waals surface area contributed by atoms with E-state index in [0.717, 1.165) is 24.7 Å². The standard InChI is InChI=1S/C11H12ClF3S/c12-6-1-2-7-16-10-5-3-4-9(8-10)11(13,14)15/h3-5,8H,1-2,6-7H2. The summed E-state index contributed by atoms with van der Waals surface area (Å²) in [6, 6.07) is 5.40. The first-order valence-corrected chi connectivity index (χ1v) is 6.42. The lowest BCUT2D eigenvalue weighted by atomic mass is 10.2. The largest absolute Gasteiger partial charge is 0.416 e. The second-order valence-corrected chi connectivity index (χ2v) is 4.82. The second-order valence-electron chi connectivity index (χ2n) is 3.27. The lowest BCUT2D eigenvalue weighted by molar-refractivity contribution is -0.137. The zero-order valence-corrected chi connectivity index (χ0v) is 10.1. The van der Waals surface area contributed by atoms with E-state index in [1.165, 1.54) is 23.9 Å². The summed E-state index contributed by atoms with van der Waals surface area (Å²) in [6.45, 7) is 0. The molecule has 0 saturated carbocycles. The molecular weight excluding hydrogens is 257 g/mol. The Hall–Kier alpha value is -0.350. The van der Waals surface area contributed by atoms with Gasteiger partial charge in [-0.25, -0.2) is 0 Å². The minimum absolute atomic E-state index is 0.588. The molecule has 0 nitrogen and oxygen atoms in total. The summed E-state index contributed by atoms with van der Waals surface area (Å²) < 4.78 is 37.2. The molecule has 0 fully saturated rings. The topological polar surface area (TPSA) is 0 Å². The van der Waals surface area contributed by atoms with Crippen LogP contribution in [0.2, 0.25) is 0 Å². The van der Waals surface area contributed by atoms with E-state index in [9.17, 15) is 13.2 Å². The summed E-state index contributed by atoms with van der Waals surface area (Å²) in [6.07, 6.45) is -2.44. The normalized spacial score (nSPS) is 11.8. The van der Waals surface area contributed by atoms with Crippen LogP contribution in [-0.2, 0) is 6.18 Å². The molecule has 16 heavy (non-hydrogen) atoms. The van der Waals surface area contributed by atoms with Crippen LogP contribution in [0.5, 0.6) is 0 Å². The van der Waals surface area contributed by atoms with E-state index in [0.29, 0.717) is 10.8 Å². The fourth-order valence-corrected chi connectivity index (χ4v) is 2.31. The van der Waals surface area contributed by atoms with Gasteiger partial charge in [-0.3, -0.25) is 0 Å². The molecule has 5 heteroatoms. The fraction of sp³-hybridized carbons (Fsp3) is 0.455. The quantitative estimate of drug-likeness (QED) is 0.419. The number of halogens is 4. The highest BCUT2D eigenvalue weighted by Gasteiger charge is 2.30. The predicted octanol–water partition coefficient (Wildman–Crippen LogP) is 4.82. The van der Waals surface area contributed by atoms with Crippen LogP contribution < -0.4 is 0 Å². The Balaban J connectivity index is 2.54. The minimum Gasteiger partial charge on any atom is -0.166 e. The van der Waals surface area contributed by atoms with Crippen LogP contribution in [0.1, 0.15) is 18.4 Å². The number of benzene rings is 1. The van der Waals surface area contributed by atoms with Crippen LogP contribution in [0.3, 0.4) is 0 Å². The van der Waals surface area contributed by atoms with Crippen molar-refractivity contribution in [3.63, 3.8) is 0 Å². The maximum Gasteiger partial charge on any atom is 0.416 e. The van der Waals surface area contributed by atoms with Crippen molar-refractivity contribution in [3.05, 3.63) is 29.8 Å². The third kappa shape index (κ3) is 4.66. The molecule has 0 spiro atoms. The van der Waals surface area contributed by atoms with Crippen LogP contribution in [0, 0.1) is 0 Å². The number of hydrogen-bond acceptors (Lipinski definition) is 1. The first-order valence-electron chi connectivity index (χ1n) is 4.90. The third-order valence-electron chi connectivity index (χ3n) is 1.96. The maximum absolute atomic E-state index is 12.4. The summed E-state index contributed by atoms with van der Waals surface area (Å²) in [5, 5.41) is 0. The summed E-state index contributed by atoms with van der Waals surface area (Å²) in [7, 11) is 0. The lowest BCUT2D eigenvalue weighted by Crippen LogP contribution is -2.04. The molecule has 0 unspecified atom stereocenters. The number of alkyl halides is 4. The second kappa shape index (κ2) is 6.40. The van der Waals surface area contributed by atoms with Crippen molar-refractivity contribution in [1.29, 1.82) is 0 Å². The highest BCUT2D eigenvalue weighted by molar-refractivity contribution is 7.99. The van der Waals surface area contributed by atoms with Gasteiger partial charge < -0.3 is 0 Å². The van der Waals surface area contributed by atoms with Gasteiger partial charge in [0.05, 0.1) is 5.56 Å². The molecule has 0 bridgehead atoms.